The third-order valence-corrected chi connectivity index (χ3v) is 3.87. The second kappa shape index (κ2) is 4.33. The molecule has 0 aromatic heterocycles. The highest BCUT2D eigenvalue weighted by molar-refractivity contribution is 7.99. The standard InChI is InChI=1S/C9H12O3S2/c1-13-8-5-7(6-10)3-4-9(8)14(2,11)12/h3-5,10H,6H2,1-2H3. The van der Waals surface area contributed by atoms with Gasteiger partial charge in [-0.3, -0.25) is 0 Å². The predicted molar refractivity (Wildman–Crippen MR) is 57.3 cm³/mol. The van der Waals surface area contributed by atoms with Crippen molar-refractivity contribution >= 4 is 21.6 Å². The van der Waals surface area contributed by atoms with Crippen LogP contribution >= 0.6 is 11.8 Å². The molecular formula is C9H12O3S2. The van der Waals surface area contributed by atoms with Gasteiger partial charge in [0.2, 0.25) is 0 Å². The van der Waals surface area contributed by atoms with Crippen LogP contribution < -0.4 is 0 Å². The summed E-state index contributed by atoms with van der Waals surface area (Å²) < 4.78 is 22.7. The van der Waals surface area contributed by atoms with Crippen LogP contribution in [0.3, 0.4) is 0 Å². The average molecular weight is 232 g/mol. The van der Waals surface area contributed by atoms with Gasteiger partial charge in [-0.25, -0.2) is 8.42 Å². The normalized spacial score (nSPS) is 11.6. The molecule has 3 nitrogen and oxygen atoms in total. The third-order valence-electron chi connectivity index (χ3n) is 1.81. The highest BCUT2D eigenvalue weighted by atomic mass is 32.2. The summed E-state index contributed by atoms with van der Waals surface area (Å²) in [5.41, 5.74) is 0.724. The first-order chi connectivity index (χ1) is 6.49. The minimum atomic E-state index is -3.17. The fourth-order valence-electron chi connectivity index (χ4n) is 1.12. The van der Waals surface area contributed by atoms with Crippen molar-refractivity contribution in [3.8, 4) is 0 Å². The quantitative estimate of drug-likeness (QED) is 0.798. The van der Waals surface area contributed by atoms with Crippen LogP contribution in [0, 0.1) is 0 Å². The van der Waals surface area contributed by atoms with Gasteiger partial charge in [0.1, 0.15) is 0 Å². The smallest absolute Gasteiger partial charge is 0.176 e. The molecule has 0 saturated carbocycles. The zero-order valence-electron chi connectivity index (χ0n) is 8.02. The molecule has 5 heteroatoms. The molecule has 1 N–H and O–H groups in total. The summed E-state index contributed by atoms with van der Waals surface area (Å²) in [5.74, 6) is 0. The molecule has 0 unspecified atom stereocenters. The number of benzene rings is 1. The van der Waals surface area contributed by atoms with Gasteiger partial charge in [-0.2, -0.15) is 0 Å². The molecule has 0 radical (unpaired) electrons. The van der Waals surface area contributed by atoms with Crippen molar-refractivity contribution in [2.24, 2.45) is 0 Å². The van der Waals surface area contributed by atoms with E-state index in [1.54, 1.807) is 12.1 Å². The Morgan fingerprint density at radius 3 is 2.50 bits per heavy atom. The summed E-state index contributed by atoms with van der Waals surface area (Å²) in [5, 5.41) is 8.89. The van der Waals surface area contributed by atoms with Crippen LogP contribution in [0.1, 0.15) is 5.56 Å². The van der Waals surface area contributed by atoms with Crippen molar-refractivity contribution in [3.05, 3.63) is 23.8 Å². The molecule has 0 spiro atoms. The maximum atomic E-state index is 11.3. The largest absolute Gasteiger partial charge is 0.392 e. The van der Waals surface area contributed by atoms with Gasteiger partial charge >= 0.3 is 0 Å². The Kier molecular flexibility index (Phi) is 3.58. The molecule has 0 fully saturated rings. The fourth-order valence-corrected chi connectivity index (χ4v) is 3.10. The van der Waals surface area contributed by atoms with E-state index in [-0.39, 0.29) is 6.61 Å². The van der Waals surface area contributed by atoms with Crippen molar-refractivity contribution in [1.82, 2.24) is 0 Å². The predicted octanol–water partition coefficient (Wildman–Crippen LogP) is 1.30. The maximum Gasteiger partial charge on any atom is 0.176 e. The molecule has 0 bridgehead atoms. The molecule has 0 atom stereocenters. The first-order valence-electron chi connectivity index (χ1n) is 3.97. The van der Waals surface area contributed by atoms with Crippen molar-refractivity contribution in [2.75, 3.05) is 12.5 Å². The highest BCUT2D eigenvalue weighted by Crippen LogP contribution is 2.25. The molecular weight excluding hydrogens is 220 g/mol. The van der Waals surface area contributed by atoms with Crippen molar-refractivity contribution < 1.29 is 13.5 Å². The van der Waals surface area contributed by atoms with Crippen LogP contribution in [0.25, 0.3) is 0 Å². The zero-order valence-corrected chi connectivity index (χ0v) is 9.65. The van der Waals surface area contributed by atoms with Crippen LogP contribution in [-0.4, -0.2) is 26.0 Å². The molecule has 1 aromatic carbocycles. The van der Waals surface area contributed by atoms with Crippen LogP contribution in [0.4, 0.5) is 0 Å². The number of aliphatic hydroxyl groups is 1. The van der Waals surface area contributed by atoms with E-state index < -0.39 is 9.84 Å². The lowest BCUT2D eigenvalue weighted by atomic mass is 10.2. The molecule has 0 aliphatic rings. The van der Waals surface area contributed by atoms with Crippen molar-refractivity contribution in [2.45, 2.75) is 16.4 Å². The monoisotopic (exact) mass is 232 g/mol. The Labute approximate surface area is 88.1 Å². The molecule has 0 heterocycles. The van der Waals surface area contributed by atoms with E-state index in [0.717, 1.165) is 5.56 Å². The van der Waals surface area contributed by atoms with E-state index in [2.05, 4.69) is 0 Å². The molecule has 78 valence electrons. The van der Waals surface area contributed by atoms with Gasteiger partial charge in [0.05, 0.1) is 11.5 Å². The van der Waals surface area contributed by atoms with E-state index in [1.807, 2.05) is 6.26 Å². The van der Waals surface area contributed by atoms with Gasteiger partial charge in [0.25, 0.3) is 0 Å². The molecule has 0 saturated heterocycles. The number of thioether (sulfide) groups is 1. The summed E-state index contributed by atoms with van der Waals surface area (Å²) >= 11 is 1.36. The maximum absolute atomic E-state index is 11.3. The van der Waals surface area contributed by atoms with Crippen LogP contribution in [-0.2, 0) is 16.4 Å². The summed E-state index contributed by atoms with van der Waals surface area (Å²) in [4.78, 5) is 1.00. The number of hydrogen-bond acceptors (Lipinski definition) is 4. The minimum Gasteiger partial charge on any atom is -0.392 e. The van der Waals surface area contributed by atoms with E-state index in [1.165, 1.54) is 24.1 Å². The molecule has 0 aliphatic heterocycles. The highest BCUT2D eigenvalue weighted by Gasteiger charge is 2.12. The SMILES string of the molecule is CSc1cc(CO)ccc1S(C)(=O)=O. The number of aliphatic hydroxyl groups excluding tert-OH is 1. The van der Waals surface area contributed by atoms with Crippen LogP contribution in [0.5, 0.6) is 0 Å². The summed E-state index contributed by atoms with van der Waals surface area (Å²) in [6, 6.07) is 4.85. The third kappa shape index (κ3) is 2.50. The second-order valence-corrected chi connectivity index (χ2v) is 5.75. The van der Waals surface area contributed by atoms with Gasteiger partial charge in [0.15, 0.2) is 9.84 Å². The van der Waals surface area contributed by atoms with Gasteiger partial charge < -0.3 is 5.11 Å². The zero-order chi connectivity index (χ0) is 10.8. The number of sulfone groups is 1. The lowest BCUT2D eigenvalue weighted by Gasteiger charge is -2.06. The number of rotatable bonds is 3. The van der Waals surface area contributed by atoms with Gasteiger partial charge in [-0.05, 0) is 24.0 Å². The molecule has 1 aromatic rings. The molecule has 0 aliphatic carbocycles. The lowest BCUT2D eigenvalue weighted by Crippen LogP contribution is -2.00. The molecule has 0 amide bonds. The van der Waals surface area contributed by atoms with Gasteiger partial charge in [-0.15, -0.1) is 11.8 Å². The topological polar surface area (TPSA) is 54.4 Å². The summed E-state index contributed by atoms with van der Waals surface area (Å²) in [7, 11) is -3.17. The van der Waals surface area contributed by atoms with Crippen LogP contribution in [0.15, 0.2) is 28.0 Å². The Hall–Kier alpha value is -0.520. The Morgan fingerprint density at radius 1 is 1.43 bits per heavy atom. The van der Waals surface area contributed by atoms with E-state index >= 15 is 0 Å². The summed E-state index contributed by atoms with van der Waals surface area (Å²) in [6.45, 7) is -0.0718. The first-order valence-corrected chi connectivity index (χ1v) is 7.08. The average Bonchev–Trinajstić information content (AvgIpc) is 2.15. The van der Waals surface area contributed by atoms with Crippen molar-refractivity contribution in [3.63, 3.8) is 0 Å². The Morgan fingerprint density at radius 2 is 2.07 bits per heavy atom. The Balaban J connectivity index is 3.33. The summed E-state index contributed by atoms with van der Waals surface area (Å²) in [6.07, 6.45) is 2.99. The molecule has 1 rings (SSSR count). The fraction of sp³-hybridized carbons (Fsp3) is 0.333. The Bertz CT molecular complexity index is 424. The first kappa shape index (κ1) is 11.6. The second-order valence-electron chi connectivity index (χ2n) is 2.92. The van der Waals surface area contributed by atoms with E-state index in [4.69, 9.17) is 5.11 Å². The van der Waals surface area contributed by atoms with Crippen molar-refractivity contribution in [1.29, 1.82) is 0 Å². The number of hydrogen-bond donors (Lipinski definition) is 1. The van der Waals surface area contributed by atoms with Crippen LogP contribution in [0.2, 0.25) is 0 Å². The van der Waals surface area contributed by atoms with Gasteiger partial charge in [-0.1, -0.05) is 6.07 Å². The minimum absolute atomic E-state index is 0.0718. The van der Waals surface area contributed by atoms with Gasteiger partial charge in [0, 0.05) is 11.2 Å². The van der Waals surface area contributed by atoms with E-state index in [9.17, 15) is 8.42 Å². The van der Waals surface area contributed by atoms with E-state index in [0.29, 0.717) is 9.79 Å². The molecule has 14 heavy (non-hydrogen) atoms. The lowest BCUT2D eigenvalue weighted by molar-refractivity contribution is 0.281.